The molecule has 0 aromatic heterocycles. The van der Waals surface area contributed by atoms with Crippen LogP contribution in [0.5, 0.6) is 11.5 Å². The van der Waals surface area contributed by atoms with Crippen molar-refractivity contribution in [3.05, 3.63) is 100 Å². The van der Waals surface area contributed by atoms with Gasteiger partial charge in [-0.25, -0.2) is 4.79 Å². The minimum Gasteiger partial charge on any atom is -0.507 e. The van der Waals surface area contributed by atoms with Gasteiger partial charge in [0.15, 0.2) is 0 Å². The van der Waals surface area contributed by atoms with Crippen LogP contribution in [-0.2, 0) is 26.3 Å². The highest BCUT2D eigenvalue weighted by Crippen LogP contribution is 2.42. The first-order chi connectivity index (χ1) is 19.0. The first-order valence-corrected chi connectivity index (χ1v) is 12.8. The molecule has 0 radical (unpaired) electrons. The third-order valence-electron chi connectivity index (χ3n) is 7.02. The van der Waals surface area contributed by atoms with E-state index in [4.69, 9.17) is 14.2 Å². The van der Waals surface area contributed by atoms with Crippen molar-refractivity contribution >= 4 is 23.4 Å². The van der Waals surface area contributed by atoms with Crippen molar-refractivity contribution in [3.63, 3.8) is 0 Å². The van der Waals surface area contributed by atoms with Gasteiger partial charge in [0.1, 0.15) is 17.3 Å². The minimum absolute atomic E-state index is 0.0364. The highest BCUT2D eigenvalue weighted by Gasteiger charge is 2.46. The average molecular weight is 544 g/mol. The lowest BCUT2D eigenvalue weighted by Gasteiger charge is -2.26. The lowest BCUT2D eigenvalue weighted by atomic mass is 9.85. The van der Waals surface area contributed by atoms with E-state index in [1.165, 1.54) is 19.1 Å². The summed E-state index contributed by atoms with van der Waals surface area (Å²) in [6, 6.07) is 18.2. The van der Waals surface area contributed by atoms with Crippen LogP contribution in [0.1, 0.15) is 59.4 Å². The molecule has 1 unspecified atom stereocenters. The summed E-state index contributed by atoms with van der Waals surface area (Å²) in [5.74, 6) is -1.34. The van der Waals surface area contributed by atoms with Crippen molar-refractivity contribution in [2.75, 3.05) is 21.3 Å². The fraction of sp³-hybridized carbons (Fsp3) is 0.281. The van der Waals surface area contributed by atoms with Gasteiger partial charge in [-0.3, -0.25) is 9.59 Å². The second-order valence-corrected chi connectivity index (χ2v) is 10.6. The maximum Gasteiger partial charge on any atom is 0.337 e. The number of ketones is 1. The molecule has 1 heterocycles. The van der Waals surface area contributed by atoms with Crippen molar-refractivity contribution in [1.82, 2.24) is 4.90 Å². The number of carbonyl (C=O) groups excluding carboxylic acids is 3. The molecule has 40 heavy (non-hydrogen) atoms. The number of amides is 1. The van der Waals surface area contributed by atoms with Crippen molar-refractivity contribution in [2.24, 2.45) is 0 Å². The van der Waals surface area contributed by atoms with E-state index in [1.54, 1.807) is 67.8 Å². The first kappa shape index (κ1) is 28.4. The number of nitrogens with zero attached hydrogens (tertiary/aromatic N) is 1. The number of Topliss-reactive ketones (excluding diaryl/α,β-unsaturated/α-hetero) is 1. The van der Waals surface area contributed by atoms with E-state index >= 15 is 0 Å². The molecule has 8 nitrogen and oxygen atoms in total. The highest BCUT2D eigenvalue weighted by molar-refractivity contribution is 6.46. The van der Waals surface area contributed by atoms with Gasteiger partial charge < -0.3 is 24.2 Å². The van der Waals surface area contributed by atoms with Crippen LogP contribution < -0.4 is 9.47 Å². The molecule has 1 aliphatic rings. The Hall–Kier alpha value is -4.59. The van der Waals surface area contributed by atoms with Crippen LogP contribution in [0, 0.1) is 0 Å². The van der Waals surface area contributed by atoms with Crippen LogP contribution in [0.15, 0.2) is 72.3 Å². The molecule has 3 aromatic carbocycles. The van der Waals surface area contributed by atoms with Crippen LogP contribution in [0.2, 0.25) is 0 Å². The van der Waals surface area contributed by atoms with Gasteiger partial charge >= 0.3 is 5.97 Å². The fourth-order valence-electron chi connectivity index (χ4n) is 4.74. The second-order valence-electron chi connectivity index (χ2n) is 10.6. The average Bonchev–Trinajstić information content (AvgIpc) is 3.20. The summed E-state index contributed by atoms with van der Waals surface area (Å²) in [7, 11) is 4.34. The van der Waals surface area contributed by atoms with Gasteiger partial charge in [-0.2, -0.15) is 0 Å². The normalized spacial score (nSPS) is 16.6. The predicted molar refractivity (Wildman–Crippen MR) is 150 cm³/mol. The van der Waals surface area contributed by atoms with E-state index in [0.717, 1.165) is 5.56 Å². The van der Waals surface area contributed by atoms with Crippen LogP contribution in [0.4, 0.5) is 0 Å². The Bertz CT molecular complexity index is 1460. The number of hydrogen-bond donors (Lipinski definition) is 1. The zero-order valence-electron chi connectivity index (χ0n) is 23.5. The van der Waals surface area contributed by atoms with Crippen LogP contribution in [-0.4, -0.2) is 49.0 Å². The molecule has 1 amide bonds. The van der Waals surface area contributed by atoms with Gasteiger partial charge in [-0.1, -0.05) is 51.1 Å². The summed E-state index contributed by atoms with van der Waals surface area (Å²) >= 11 is 0. The van der Waals surface area contributed by atoms with Crippen molar-refractivity contribution < 1.29 is 33.7 Å². The summed E-state index contributed by atoms with van der Waals surface area (Å²) in [6.45, 7) is 6.19. The third kappa shape index (κ3) is 5.43. The molecule has 1 aliphatic heterocycles. The maximum atomic E-state index is 13.6. The Labute approximate surface area is 233 Å². The number of esters is 1. The zero-order valence-corrected chi connectivity index (χ0v) is 23.5. The van der Waals surface area contributed by atoms with Crippen molar-refractivity contribution in [1.29, 1.82) is 0 Å². The molecule has 1 fully saturated rings. The molecule has 4 rings (SSSR count). The quantitative estimate of drug-likeness (QED) is 0.184. The minimum atomic E-state index is -0.880. The predicted octanol–water partition coefficient (Wildman–Crippen LogP) is 5.41. The standard InChI is InChI=1S/C32H33NO7/c1-32(2,3)22-13-16-25(39-5)24(17-22)28(34)26-27(20-11-14-23(38-4)15-12-20)33(30(36)29(26)35)18-19-7-9-21(10-8-19)31(37)40-6/h7-17,27,34H,18H2,1-6H3/b28-26+. The molecular weight excluding hydrogens is 510 g/mol. The molecular formula is C32H33NO7. The zero-order chi connectivity index (χ0) is 29.2. The Morgan fingerprint density at radius 1 is 0.900 bits per heavy atom. The number of carbonyl (C=O) groups is 3. The Morgan fingerprint density at radius 2 is 1.55 bits per heavy atom. The maximum absolute atomic E-state index is 13.6. The fourth-order valence-corrected chi connectivity index (χ4v) is 4.74. The molecule has 1 N–H and O–H groups in total. The van der Waals surface area contributed by atoms with Crippen LogP contribution >= 0.6 is 0 Å². The topological polar surface area (TPSA) is 102 Å². The van der Waals surface area contributed by atoms with Crippen LogP contribution in [0.3, 0.4) is 0 Å². The molecule has 1 saturated heterocycles. The monoisotopic (exact) mass is 543 g/mol. The lowest BCUT2D eigenvalue weighted by molar-refractivity contribution is -0.140. The van der Waals surface area contributed by atoms with Crippen molar-refractivity contribution in [3.8, 4) is 11.5 Å². The van der Waals surface area contributed by atoms with Gasteiger partial charge in [0.05, 0.1) is 44.1 Å². The van der Waals surface area contributed by atoms with Gasteiger partial charge in [-0.05, 0) is 58.5 Å². The number of aliphatic hydroxyl groups is 1. The van der Waals surface area contributed by atoms with E-state index in [1.807, 2.05) is 26.8 Å². The lowest BCUT2D eigenvalue weighted by Crippen LogP contribution is -2.29. The summed E-state index contributed by atoms with van der Waals surface area (Å²) in [5, 5.41) is 11.7. The summed E-state index contributed by atoms with van der Waals surface area (Å²) < 4.78 is 15.6. The summed E-state index contributed by atoms with van der Waals surface area (Å²) in [6.07, 6.45) is 0. The number of rotatable bonds is 7. The van der Waals surface area contributed by atoms with Crippen LogP contribution in [0.25, 0.3) is 5.76 Å². The second kappa shape index (κ2) is 11.3. The summed E-state index contributed by atoms with van der Waals surface area (Å²) in [4.78, 5) is 40.3. The van der Waals surface area contributed by atoms with Gasteiger partial charge in [0.2, 0.25) is 0 Å². The third-order valence-corrected chi connectivity index (χ3v) is 7.02. The molecule has 0 aliphatic carbocycles. The first-order valence-electron chi connectivity index (χ1n) is 12.8. The van der Waals surface area contributed by atoms with Gasteiger partial charge in [-0.15, -0.1) is 0 Å². The number of ether oxygens (including phenoxy) is 3. The summed E-state index contributed by atoms with van der Waals surface area (Å²) in [5.41, 5.74) is 2.67. The Balaban J connectivity index is 1.87. The molecule has 8 heteroatoms. The molecule has 1 atom stereocenters. The Kier molecular flexibility index (Phi) is 8.00. The highest BCUT2D eigenvalue weighted by atomic mass is 16.5. The SMILES string of the molecule is COC(=O)c1ccc(CN2C(=O)C(=O)/C(=C(/O)c3cc(C(C)(C)C)ccc3OC)C2c2ccc(OC)cc2)cc1. The van der Waals surface area contributed by atoms with E-state index in [9.17, 15) is 19.5 Å². The van der Waals surface area contributed by atoms with E-state index in [0.29, 0.717) is 33.8 Å². The number of aliphatic hydroxyl groups excluding tert-OH is 1. The molecule has 208 valence electrons. The molecule has 3 aromatic rings. The van der Waals surface area contributed by atoms with Gasteiger partial charge in [0.25, 0.3) is 11.7 Å². The van der Waals surface area contributed by atoms with E-state index < -0.39 is 23.7 Å². The molecule has 0 bridgehead atoms. The van der Waals surface area contributed by atoms with E-state index in [-0.39, 0.29) is 23.3 Å². The number of benzene rings is 3. The Morgan fingerprint density at radius 3 is 2.10 bits per heavy atom. The smallest absolute Gasteiger partial charge is 0.337 e. The van der Waals surface area contributed by atoms with E-state index in [2.05, 4.69) is 0 Å². The molecule has 0 spiro atoms. The number of hydrogen-bond acceptors (Lipinski definition) is 7. The van der Waals surface area contributed by atoms with Gasteiger partial charge in [0, 0.05) is 6.54 Å². The van der Waals surface area contributed by atoms with Crippen molar-refractivity contribution in [2.45, 2.75) is 38.8 Å². The number of methoxy groups -OCH3 is 3. The molecule has 0 saturated carbocycles. The largest absolute Gasteiger partial charge is 0.507 e. The number of likely N-dealkylation sites (tertiary alicyclic amines) is 1.